The molecule has 1 heterocycles. The molecule has 1 unspecified atom stereocenters. The summed E-state index contributed by atoms with van der Waals surface area (Å²) in [5.41, 5.74) is 13.1. The molecule has 0 saturated carbocycles. The highest BCUT2D eigenvalue weighted by Crippen LogP contribution is 2.26. The monoisotopic (exact) mass is 481 g/mol. The number of rotatable bonds is 14. The zero-order valence-corrected chi connectivity index (χ0v) is 20.8. The molecule has 3 rings (SSSR count). The summed E-state index contributed by atoms with van der Waals surface area (Å²) in [5.74, 6) is 0. The van der Waals surface area contributed by atoms with E-state index in [1.807, 2.05) is 12.1 Å². The van der Waals surface area contributed by atoms with Crippen LogP contribution in [0.4, 0.5) is 5.13 Å². The van der Waals surface area contributed by atoms with Gasteiger partial charge in [0.05, 0.1) is 5.69 Å². The first-order chi connectivity index (χ1) is 16.1. The summed E-state index contributed by atoms with van der Waals surface area (Å²) < 4.78 is 0. The molecule has 0 saturated heterocycles. The van der Waals surface area contributed by atoms with Crippen molar-refractivity contribution in [1.29, 1.82) is 0 Å². The summed E-state index contributed by atoms with van der Waals surface area (Å²) in [6.07, 6.45) is 9.13. The molecule has 1 atom stereocenters. The van der Waals surface area contributed by atoms with Gasteiger partial charge in [-0.05, 0) is 61.4 Å². The predicted octanol–water partition coefficient (Wildman–Crippen LogP) is 8.70. The molecule has 0 fully saturated rings. The van der Waals surface area contributed by atoms with E-state index in [0.29, 0.717) is 12.6 Å². The number of anilines is 1. The van der Waals surface area contributed by atoms with Crippen LogP contribution >= 0.6 is 22.9 Å². The van der Waals surface area contributed by atoms with E-state index in [1.54, 1.807) is 11.3 Å². The summed E-state index contributed by atoms with van der Waals surface area (Å²) >= 11 is 7.63. The predicted molar refractivity (Wildman–Crippen MR) is 141 cm³/mol. The molecule has 174 valence electrons. The van der Waals surface area contributed by atoms with Gasteiger partial charge in [-0.1, -0.05) is 78.8 Å². The summed E-state index contributed by atoms with van der Waals surface area (Å²) in [6, 6.07) is 17.1. The van der Waals surface area contributed by atoms with Crippen LogP contribution in [0.5, 0.6) is 0 Å². The van der Waals surface area contributed by atoms with Crippen molar-refractivity contribution in [2.75, 3.05) is 11.9 Å². The number of aryl methyl sites for hydroxylation is 1. The van der Waals surface area contributed by atoms with Crippen molar-refractivity contribution in [3.8, 4) is 11.3 Å². The standard InChI is InChI=1S/C26H32ClN5S/c1-20(18-22-11-15-24(27)16-12-22)30-26-31-25(19-33-26)23-13-9-21(10-14-23)8-6-4-2-3-5-7-17-29-32-28/h9-16,19-20H,2-8,17-18H2,1H3,(H,30,31). The van der Waals surface area contributed by atoms with Crippen molar-refractivity contribution in [3.63, 3.8) is 0 Å². The van der Waals surface area contributed by atoms with E-state index in [-0.39, 0.29) is 0 Å². The molecule has 0 spiro atoms. The highest BCUT2D eigenvalue weighted by molar-refractivity contribution is 7.14. The number of unbranched alkanes of at least 4 members (excludes halogenated alkanes) is 5. The Morgan fingerprint density at radius 1 is 0.970 bits per heavy atom. The van der Waals surface area contributed by atoms with Crippen LogP contribution in [0.2, 0.25) is 5.02 Å². The van der Waals surface area contributed by atoms with Gasteiger partial charge in [0.25, 0.3) is 0 Å². The van der Waals surface area contributed by atoms with Crippen LogP contribution in [-0.4, -0.2) is 17.6 Å². The number of thiazole rings is 1. The van der Waals surface area contributed by atoms with E-state index in [0.717, 1.165) is 47.1 Å². The van der Waals surface area contributed by atoms with Gasteiger partial charge in [-0.2, -0.15) is 0 Å². The van der Waals surface area contributed by atoms with Gasteiger partial charge in [-0.3, -0.25) is 0 Å². The van der Waals surface area contributed by atoms with Gasteiger partial charge in [-0.25, -0.2) is 4.98 Å². The molecule has 7 heteroatoms. The summed E-state index contributed by atoms with van der Waals surface area (Å²) in [6.45, 7) is 2.80. The lowest BCUT2D eigenvalue weighted by Crippen LogP contribution is -2.17. The molecule has 0 bridgehead atoms. The van der Waals surface area contributed by atoms with Gasteiger partial charge in [0, 0.05) is 33.5 Å². The van der Waals surface area contributed by atoms with Crippen molar-refractivity contribution in [2.24, 2.45) is 5.11 Å². The van der Waals surface area contributed by atoms with Gasteiger partial charge in [0.1, 0.15) is 0 Å². The Balaban J connectivity index is 1.39. The lowest BCUT2D eigenvalue weighted by atomic mass is 10.0. The largest absolute Gasteiger partial charge is 0.359 e. The molecule has 0 radical (unpaired) electrons. The topological polar surface area (TPSA) is 73.7 Å². The number of halogens is 1. The zero-order valence-electron chi connectivity index (χ0n) is 19.2. The molecule has 33 heavy (non-hydrogen) atoms. The number of azide groups is 1. The molecule has 3 aromatic rings. The minimum absolute atomic E-state index is 0.290. The third kappa shape index (κ3) is 9.09. The lowest BCUT2D eigenvalue weighted by molar-refractivity contribution is 0.597. The second kappa shape index (κ2) is 13.9. The molecule has 0 aliphatic heterocycles. The molecule has 0 amide bonds. The molecule has 2 aromatic carbocycles. The fourth-order valence-electron chi connectivity index (χ4n) is 3.81. The maximum absolute atomic E-state index is 8.26. The molecule has 1 aromatic heterocycles. The maximum Gasteiger partial charge on any atom is 0.183 e. The Kier molecular flexibility index (Phi) is 10.6. The average Bonchev–Trinajstić information content (AvgIpc) is 3.28. The number of nitrogens with one attached hydrogen (secondary N) is 1. The van der Waals surface area contributed by atoms with Crippen LogP contribution in [-0.2, 0) is 12.8 Å². The highest BCUT2D eigenvalue weighted by atomic mass is 35.5. The number of nitrogens with zero attached hydrogens (tertiary/aromatic N) is 4. The first kappa shape index (κ1) is 25.1. The average molecular weight is 482 g/mol. The first-order valence-corrected chi connectivity index (χ1v) is 13.0. The van der Waals surface area contributed by atoms with E-state index < -0.39 is 0 Å². The van der Waals surface area contributed by atoms with Crippen molar-refractivity contribution in [2.45, 2.75) is 64.3 Å². The SMILES string of the molecule is CC(Cc1ccc(Cl)cc1)Nc1nc(-c2ccc(CCCCCCCCN=[N+]=[N-])cc2)cs1. The van der Waals surface area contributed by atoms with E-state index in [1.165, 1.54) is 36.8 Å². The summed E-state index contributed by atoms with van der Waals surface area (Å²) in [5, 5.41) is 10.9. The van der Waals surface area contributed by atoms with Gasteiger partial charge in [-0.15, -0.1) is 11.3 Å². The minimum atomic E-state index is 0.290. The van der Waals surface area contributed by atoms with Gasteiger partial charge >= 0.3 is 0 Å². The van der Waals surface area contributed by atoms with E-state index in [2.05, 4.69) is 64.0 Å². The van der Waals surface area contributed by atoms with E-state index in [9.17, 15) is 0 Å². The Labute approximate surface area is 205 Å². The fourth-order valence-corrected chi connectivity index (χ4v) is 4.77. The third-order valence-corrected chi connectivity index (χ3v) is 6.64. The summed E-state index contributed by atoms with van der Waals surface area (Å²) in [7, 11) is 0. The zero-order chi connectivity index (χ0) is 23.3. The highest BCUT2D eigenvalue weighted by Gasteiger charge is 2.09. The van der Waals surface area contributed by atoms with Gasteiger partial charge < -0.3 is 5.32 Å². The second-order valence-electron chi connectivity index (χ2n) is 8.44. The molecule has 0 aliphatic rings. The van der Waals surface area contributed by atoms with E-state index in [4.69, 9.17) is 22.1 Å². The third-order valence-electron chi connectivity index (χ3n) is 5.62. The minimum Gasteiger partial charge on any atom is -0.359 e. The number of hydrogen-bond donors (Lipinski definition) is 1. The summed E-state index contributed by atoms with van der Waals surface area (Å²) in [4.78, 5) is 7.57. The number of aromatic nitrogens is 1. The van der Waals surface area contributed by atoms with Crippen molar-refractivity contribution < 1.29 is 0 Å². The van der Waals surface area contributed by atoms with E-state index >= 15 is 0 Å². The number of benzene rings is 2. The van der Waals surface area contributed by atoms with Crippen molar-refractivity contribution in [1.82, 2.24) is 4.98 Å². The first-order valence-electron chi connectivity index (χ1n) is 11.7. The molecule has 5 nitrogen and oxygen atoms in total. The van der Waals surface area contributed by atoms with Gasteiger partial charge in [0.15, 0.2) is 5.13 Å². The Morgan fingerprint density at radius 2 is 1.64 bits per heavy atom. The molecule has 0 aliphatic carbocycles. The Bertz CT molecular complexity index is 1010. The Hall–Kier alpha value is -2.53. The fraction of sp³-hybridized carbons (Fsp3) is 0.423. The number of hydrogen-bond acceptors (Lipinski definition) is 4. The Morgan fingerprint density at radius 3 is 2.36 bits per heavy atom. The van der Waals surface area contributed by atoms with Crippen LogP contribution < -0.4 is 5.32 Å². The molecular weight excluding hydrogens is 450 g/mol. The van der Waals surface area contributed by atoms with Crippen LogP contribution in [0.3, 0.4) is 0 Å². The molecular formula is C26H32ClN5S. The molecule has 1 N–H and O–H groups in total. The van der Waals surface area contributed by atoms with Crippen LogP contribution in [0, 0.1) is 0 Å². The van der Waals surface area contributed by atoms with Gasteiger partial charge in [0.2, 0.25) is 0 Å². The van der Waals surface area contributed by atoms with Crippen LogP contribution in [0.15, 0.2) is 59.0 Å². The van der Waals surface area contributed by atoms with Crippen LogP contribution in [0.25, 0.3) is 21.7 Å². The second-order valence-corrected chi connectivity index (χ2v) is 9.73. The lowest BCUT2D eigenvalue weighted by Gasteiger charge is -2.12. The van der Waals surface area contributed by atoms with Crippen molar-refractivity contribution in [3.05, 3.63) is 80.5 Å². The normalized spacial score (nSPS) is 11.7. The maximum atomic E-state index is 8.26. The van der Waals surface area contributed by atoms with Crippen LogP contribution in [0.1, 0.15) is 56.6 Å². The smallest absolute Gasteiger partial charge is 0.183 e. The quantitative estimate of drug-likeness (QED) is 0.108. The van der Waals surface area contributed by atoms with Crippen molar-refractivity contribution >= 4 is 28.1 Å².